The van der Waals surface area contributed by atoms with Crippen LogP contribution in [0.3, 0.4) is 0 Å². The van der Waals surface area contributed by atoms with E-state index in [4.69, 9.17) is 9.47 Å². The number of hydrogen-bond acceptors (Lipinski definition) is 4. The summed E-state index contributed by atoms with van der Waals surface area (Å²) in [7, 11) is 1.40. The maximum Gasteiger partial charge on any atom is 0.338 e. The zero-order valence-electron chi connectivity index (χ0n) is 9.14. The number of benzene rings is 1. The Bertz CT molecular complexity index is 372. The zero-order chi connectivity index (χ0) is 11.4. The molecule has 0 aliphatic carbocycles. The highest BCUT2D eigenvalue weighted by Gasteiger charge is 2.20. The van der Waals surface area contributed by atoms with E-state index in [0.717, 1.165) is 24.3 Å². The van der Waals surface area contributed by atoms with E-state index in [-0.39, 0.29) is 11.4 Å². The second-order valence-electron chi connectivity index (χ2n) is 3.55. The second-order valence-corrected chi connectivity index (χ2v) is 4.75. The highest BCUT2D eigenvalue weighted by Crippen LogP contribution is 2.32. The van der Waals surface area contributed by atoms with Crippen molar-refractivity contribution < 1.29 is 14.3 Å². The largest absolute Gasteiger partial charge is 0.465 e. The number of ether oxygens (including phenoxy) is 2. The predicted molar refractivity (Wildman–Crippen MR) is 62.6 cm³/mol. The lowest BCUT2D eigenvalue weighted by Gasteiger charge is -2.11. The molecule has 0 saturated carbocycles. The standard InChI is InChI=1S/C12H14O3S/c1-14-12(13)9-5-2-3-6-10(9)16-11-7-4-8-15-11/h2-3,5-6,11H,4,7-8H2,1H3. The van der Waals surface area contributed by atoms with Crippen LogP contribution in [0.2, 0.25) is 0 Å². The van der Waals surface area contributed by atoms with Crippen molar-refractivity contribution in [2.75, 3.05) is 13.7 Å². The molecule has 0 bridgehead atoms. The van der Waals surface area contributed by atoms with Crippen molar-refractivity contribution in [3.05, 3.63) is 29.8 Å². The van der Waals surface area contributed by atoms with Gasteiger partial charge in [-0.25, -0.2) is 4.79 Å². The summed E-state index contributed by atoms with van der Waals surface area (Å²) in [5.74, 6) is -0.291. The Hall–Kier alpha value is -1.00. The molecular weight excluding hydrogens is 224 g/mol. The summed E-state index contributed by atoms with van der Waals surface area (Å²) in [4.78, 5) is 12.5. The van der Waals surface area contributed by atoms with E-state index in [1.54, 1.807) is 17.8 Å². The van der Waals surface area contributed by atoms with Crippen molar-refractivity contribution in [1.82, 2.24) is 0 Å². The van der Waals surface area contributed by atoms with E-state index < -0.39 is 0 Å². The molecule has 1 fully saturated rings. The molecule has 1 aromatic carbocycles. The van der Waals surface area contributed by atoms with Crippen molar-refractivity contribution in [1.29, 1.82) is 0 Å². The fourth-order valence-electron chi connectivity index (χ4n) is 1.63. The zero-order valence-corrected chi connectivity index (χ0v) is 9.96. The summed E-state index contributed by atoms with van der Waals surface area (Å²) in [5, 5.41) is 0. The third-order valence-corrected chi connectivity index (χ3v) is 3.68. The lowest BCUT2D eigenvalue weighted by atomic mass is 10.2. The SMILES string of the molecule is COC(=O)c1ccccc1SC1CCCO1. The first-order valence-electron chi connectivity index (χ1n) is 5.27. The van der Waals surface area contributed by atoms with Crippen LogP contribution in [0.4, 0.5) is 0 Å². The molecule has 2 rings (SSSR count). The average molecular weight is 238 g/mol. The van der Waals surface area contributed by atoms with Gasteiger partial charge in [-0.1, -0.05) is 23.9 Å². The Labute approximate surface area is 99.1 Å². The van der Waals surface area contributed by atoms with Crippen molar-refractivity contribution in [2.45, 2.75) is 23.2 Å². The van der Waals surface area contributed by atoms with Gasteiger partial charge < -0.3 is 9.47 Å². The molecule has 0 aromatic heterocycles. The summed E-state index contributed by atoms with van der Waals surface area (Å²) in [6, 6.07) is 7.47. The van der Waals surface area contributed by atoms with Crippen molar-refractivity contribution in [3.63, 3.8) is 0 Å². The molecule has 1 saturated heterocycles. The molecule has 3 nitrogen and oxygen atoms in total. The molecule has 1 heterocycles. The van der Waals surface area contributed by atoms with Crippen LogP contribution in [-0.2, 0) is 9.47 Å². The van der Waals surface area contributed by atoms with Gasteiger partial charge in [0.1, 0.15) is 5.44 Å². The summed E-state index contributed by atoms with van der Waals surface area (Å²) in [6.07, 6.45) is 2.14. The van der Waals surface area contributed by atoms with Crippen LogP contribution in [0.5, 0.6) is 0 Å². The maximum absolute atomic E-state index is 11.5. The number of carbonyl (C=O) groups is 1. The second kappa shape index (κ2) is 5.37. The van der Waals surface area contributed by atoms with Crippen LogP contribution in [0.25, 0.3) is 0 Å². The number of methoxy groups -OCH3 is 1. The first kappa shape index (κ1) is 11.5. The third kappa shape index (κ3) is 2.57. The van der Waals surface area contributed by atoms with Crippen LogP contribution in [0.15, 0.2) is 29.2 Å². The molecule has 1 aromatic rings. The molecular formula is C12H14O3S. The van der Waals surface area contributed by atoms with Crippen LogP contribution in [0.1, 0.15) is 23.2 Å². The van der Waals surface area contributed by atoms with E-state index in [1.807, 2.05) is 18.2 Å². The van der Waals surface area contributed by atoms with Gasteiger partial charge in [-0.2, -0.15) is 0 Å². The first-order valence-corrected chi connectivity index (χ1v) is 6.15. The van der Waals surface area contributed by atoms with Gasteiger partial charge in [0.2, 0.25) is 0 Å². The van der Waals surface area contributed by atoms with E-state index in [2.05, 4.69) is 0 Å². The van der Waals surface area contributed by atoms with Crippen LogP contribution in [-0.4, -0.2) is 25.1 Å². The minimum atomic E-state index is -0.291. The Morgan fingerprint density at radius 1 is 1.50 bits per heavy atom. The Morgan fingerprint density at radius 3 is 3.00 bits per heavy atom. The fourth-order valence-corrected chi connectivity index (χ4v) is 2.80. The number of thioether (sulfide) groups is 1. The minimum absolute atomic E-state index is 0.172. The van der Waals surface area contributed by atoms with Crippen LogP contribution in [0, 0.1) is 0 Å². The minimum Gasteiger partial charge on any atom is -0.465 e. The van der Waals surface area contributed by atoms with Gasteiger partial charge in [-0.05, 0) is 25.0 Å². The monoisotopic (exact) mass is 238 g/mol. The number of carbonyl (C=O) groups excluding carboxylic acids is 1. The van der Waals surface area contributed by atoms with Crippen molar-refractivity contribution in [3.8, 4) is 0 Å². The van der Waals surface area contributed by atoms with E-state index in [1.165, 1.54) is 7.11 Å². The number of hydrogen-bond donors (Lipinski definition) is 0. The van der Waals surface area contributed by atoms with E-state index in [0.29, 0.717) is 5.56 Å². The lowest BCUT2D eigenvalue weighted by molar-refractivity contribution is 0.0596. The average Bonchev–Trinajstić information content (AvgIpc) is 2.82. The van der Waals surface area contributed by atoms with Gasteiger partial charge in [-0.3, -0.25) is 0 Å². The summed E-state index contributed by atoms with van der Waals surface area (Å²) in [5.41, 5.74) is 0.788. The molecule has 1 unspecified atom stereocenters. The van der Waals surface area contributed by atoms with Gasteiger partial charge in [0.15, 0.2) is 0 Å². The predicted octanol–water partition coefficient (Wildman–Crippen LogP) is 2.70. The quantitative estimate of drug-likeness (QED) is 0.758. The highest BCUT2D eigenvalue weighted by atomic mass is 32.2. The third-order valence-electron chi connectivity index (χ3n) is 2.44. The van der Waals surface area contributed by atoms with Gasteiger partial charge in [0.25, 0.3) is 0 Å². The van der Waals surface area contributed by atoms with Gasteiger partial charge in [0.05, 0.1) is 12.7 Å². The molecule has 1 aliphatic heterocycles. The van der Waals surface area contributed by atoms with E-state index in [9.17, 15) is 4.79 Å². The smallest absolute Gasteiger partial charge is 0.338 e. The molecule has 1 atom stereocenters. The fraction of sp³-hybridized carbons (Fsp3) is 0.417. The number of esters is 1. The normalized spacial score (nSPS) is 19.7. The van der Waals surface area contributed by atoms with Crippen LogP contribution < -0.4 is 0 Å². The molecule has 0 radical (unpaired) electrons. The summed E-state index contributed by atoms with van der Waals surface area (Å²) >= 11 is 1.60. The molecule has 0 N–H and O–H groups in total. The Balaban J connectivity index is 2.15. The topological polar surface area (TPSA) is 35.5 Å². The van der Waals surface area contributed by atoms with Crippen LogP contribution >= 0.6 is 11.8 Å². The molecule has 0 amide bonds. The van der Waals surface area contributed by atoms with E-state index >= 15 is 0 Å². The van der Waals surface area contributed by atoms with Gasteiger partial charge >= 0.3 is 5.97 Å². The maximum atomic E-state index is 11.5. The molecule has 0 spiro atoms. The summed E-state index contributed by atoms with van der Waals surface area (Å²) < 4.78 is 10.3. The van der Waals surface area contributed by atoms with Crippen molar-refractivity contribution >= 4 is 17.7 Å². The van der Waals surface area contributed by atoms with Gasteiger partial charge in [0, 0.05) is 11.5 Å². The van der Waals surface area contributed by atoms with Gasteiger partial charge in [-0.15, -0.1) is 0 Å². The molecule has 86 valence electrons. The molecule has 1 aliphatic rings. The van der Waals surface area contributed by atoms with Crippen molar-refractivity contribution in [2.24, 2.45) is 0 Å². The highest BCUT2D eigenvalue weighted by molar-refractivity contribution is 7.99. The first-order chi connectivity index (χ1) is 7.81. The molecule has 16 heavy (non-hydrogen) atoms. The lowest BCUT2D eigenvalue weighted by Crippen LogP contribution is -2.05. The Morgan fingerprint density at radius 2 is 2.31 bits per heavy atom. The number of rotatable bonds is 3. The Kier molecular flexibility index (Phi) is 3.85. The summed E-state index contributed by atoms with van der Waals surface area (Å²) in [6.45, 7) is 0.818. The molecule has 4 heteroatoms.